The van der Waals surface area contributed by atoms with Gasteiger partial charge >= 0.3 is 0 Å². The maximum absolute atomic E-state index is 3.79. The van der Waals surface area contributed by atoms with Gasteiger partial charge in [-0.1, -0.05) is 6.92 Å². The summed E-state index contributed by atoms with van der Waals surface area (Å²) in [5, 5.41) is 3.79. The zero-order valence-corrected chi connectivity index (χ0v) is 10.6. The van der Waals surface area contributed by atoms with Crippen LogP contribution in [0, 0.1) is 11.8 Å². The van der Waals surface area contributed by atoms with Gasteiger partial charge in [-0.2, -0.15) is 0 Å². The highest BCUT2D eigenvalue weighted by Gasteiger charge is 2.34. The Balaban J connectivity index is 1.45. The fourth-order valence-electron chi connectivity index (χ4n) is 3.32. The van der Waals surface area contributed by atoms with E-state index in [-0.39, 0.29) is 0 Å². The molecule has 92 valence electrons. The van der Waals surface area contributed by atoms with Gasteiger partial charge in [0.2, 0.25) is 0 Å². The van der Waals surface area contributed by atoms with Crippen molar-refractivity contribution >= 4 is 0 Å². The second-order valence-corrected chi connectivity index (χ2v) is 6.31. The molecule has 0 aromatic rings. The number of rotatable bonds is 4. The first-order valence-electron chi connectivity index (χ1n) is 7.30. The molecule has 0 aromatic heterocycles. The molecule has 2 aliphatic carbocycles. The van der Waals surface area contributed by atoms with Crippen LogP contribution in [-0.2, 0) is 0 Å². The van der Waals surface area contributed by atoms with Crippen LogP contribution in [0.5, 0.6) is 0 Å². The van der Waals surface area contributed by atoms with Crippen molar-refractivity contribution in [2.24, 2.45) is 11.8 Å². The summed E-state index contributed by atoms with van der Waals surface area (Å²) in [5.74, 6) is 1.99. The molecular formula is C14H26N2. The third-order valence-corrected chi connectivity index (χ3v) is 4.89. The molecule has 3 fully saturated rings. The second-order valence-electron chi connectivity index (χ2n) is 6.31. The minimum atomic E-state index is 0.794. The standard InChI is InChI=1S/C14H26N2/c1-11-4-7-14(11)16-8-2-3-13(10-16)15-9-12-5-6-12/h11-15H,2-10H2,1H3. The minimum absolute atomic E-state index is 0.794. The third kappa shape index (κ3) is 2.43. The van der Waals surface area contributed by atoms with Crippen LogP contribution in [-0.4, -0.2) is 36.6 Å². The van der Waals surface area contributed by atoms with Crippen molar-refractivity contribution in [2.45, 2.75) is 57.5 Å². The summed E-state index contributed by atoms with van der Waals surface area (Å²) in [6.45, 7) is 6.40. The smallest absolute Gasteiger partial charge is 0.0195 e. The van der Waals surface area contributed by atoms with E-state index in [1.807, 2.05) is 0 Å². The van der Waals surface area contributed by atoms with Gasteiger partial charge in [-0.3, -0.25) is 4.90 Å². The molecule has 2 nitrogen and oxygen atoms in total. The first kappa shape index (κ1) is 11.0. The van der Waals surface area contributed by atoms with Crippen LogP contribution in [0.2, 0.25) is 0 Å². The van der Waals surface area contributed by atoms with E-state index in [9.17, 15) is 0 Å². The molecule has 0 radical (unpaired) electrons. The quantitative estimate of drug-likeness (QED) is 0.785. The summed E-state index contributed by atoms with van der Waals surface area (Å²) < 4.78 is 0. The Hall–Kier alpha value is -0.0800. The molecule has 2 saturated carbocycles. The Morgan fingerprint density at radius 1 is 1.12 bits per heavy atom. The molecule has 0 amide bonds. The van der Waals surface area contributed by atoms with Crippen LogP contribution >= 0.6 is 0 Å². The van der Waals surface area contributed by atoms with Crippen LogP contribution in [0.15, 0.2) is 0 Å². The molecular weight excluding hydrogens is 196 g/mol. The summed E-state index contributed by atoms with van der Waals surface area (Å²) in [7, 11) is 0. The topological polar surface area (TPSA) is 15.3 Å². The summed E-state index contributed by atoms with van der Waals surface area (Å²) in [4.78, 5) is 2.77. The van der Waals surface area contributed by atoms with Crippen molar-refractivity contribution in [2.75, 3.05) is 19.6 Å². The van der Waals surface area contributed by atoms with Gasteiger partial charge in [0.05, 0.1) is 0 Å². The molecule has 3 atom stereocenters. The molecule has 0 bridgehead atoms. The van der Waals surface area contributed by atoms with Gasteiger partial charge in [-0.05, 0) is 63.5 Å². The second kappa shape index (κ2) is 4.66. The lowest BCUT2D eigenvalue weighted by Gasteiger charge is -2.46. The van der Waals surface area contributed by atoms with Gasteiger partial charge in [0.25, 0.3) is 0 Å². The first-order chi connectivity index (χ1) is 7.83. The number of likely N-dealkylation sites (tertiary alicyclic amines) is 1. The molecule has 0 aromatic carbocycles. The van der Waals surface area contributed by atoms with Gasteiger partial charge in [-0.15, -0.1) is 0 Å². The normalized spacial score (nSPS) is 40.7. The predicted molar refractivity (Wildman–Crippen MR) is 67.5 cm³/mol. The lowest BCUT2D eigenvalue weighted by molar-refractivity contribution is 0.0441. The van der Waals surface area contributed by atoms with Gasteiger partial charge in [0.1, 0.15) is 0 Å². The summed E-state index contributed by atoms with van der Waals surface area (Å²) in [6.07, 6.45) is 8.68. The average molecular weight is 222 g/mol. The predicted octanol–water partition coefficient (Wildman–Crippen LogP) is 2.25. The molecule has 2 heteroatoms. The zero-order valence-electron chi connectivity index (χ0n) is 10.6. The molecule has 3 unspecified atom stereocenters. The summed E-state index contributed by atoms with van der Waals surface area (Å²) in [6, 6.07) is 1.72. The Bertz CT molecular complexity index is 237. The van der Waals surface area contributed by atoms with E-state index in [0.717, 1.165) is 23.9 Å². The average Bonchev–Trinajstić information content (AvgIpc) is 3.09. The Morgan fingerprint density at radius 3 is 2.62 bits per heavy atom. The number of nitrogens with one attached hydrogen (secondary N) is 1. The fourth-order valence-corrected chi connectivity index (χ4v) is 3.32. The van der Waals surface area contributed by atoms with E-state index in [1.54, 1.807) is 0 Å². The van der Waals surface area contributed by atoms with Crippen molar-refractivity contribution in [3.63, 3.8) is 0 Å². The van der Waals surface area contributed by atoms with E-state index in [0.29, 0.717) is 0 Å². The molecule has 1 N–H and O–H groups in total. The monoisotopic (exact) mass is 222 g/mol. The molecule has 16 heavy (non-hydrogen) atoms. The SMILES string of the molecule is CC1CCC1N1CCCC(NCC2CC2)C1. The van der Waals surface area contributed by atoms with E-state index < -0.39 is 0 Å². The number of piperidine rings is 1. The van der Waals surface area contributed by atoms with Crippen LogP contribution in [0.4, 0.5) is 0 Å². The Kier molecular flexibility index (Phi) is 3.21. The molecule has 0 spiro atoms. The molecule has 1 saturated heterocycles. The van der Waals surface area contributed by atoms with Crippen LogP contribution in [0.3, 0.4) is 0 Å². The third-order valence-electron chi connectivity index (χ3n) is 4.89. The molecule has 3 rings (SSSR count). The van der Waals surface area contributed by atoms with Gasteiger partial charge in [0, 0.05) is 18.6 Å². The van der Waals surface area contributed by atoms with Crippen molar-refractivity contribution in [1.82, 2.24) is 10.2 Å². The van der Waals surface area contributed by atoms with Crippen molar-refractivity contribution in [1.29, 1.82) is 0 Å². The molecule has 1 heterocycles. The number of hydrogen-bond acceptors (Lipinski definition) is 2. The van der Waals surface area contributed by atoms with E-state index in [4.69, 9.17) is 0 Å². The van der Waals surface area contributed by atoms with E-state index >= 15 is 0 Å². The first-order valence-corrected chi connectivity index (χ1v) is 7.30. The highest BCUT2D eigenvalue weighted by atomic mass is 15.2. The van der Waals surface area contributed by atoms with Crippen molar-refractivity contribution in [3.8, 4) is 0 Å². The zero-order chi connectivity index (χ0) is 11.0. The van der Waals surface area contributed by atoms with Crippen LogP contribution in [0.1, 0.15) is 45.4 Å². The van der Waals surface area contributed by atoms with Crippen LogP contribution in [0.25, 0.3) is 0 Å². The van der Waals surface area contributed by atoms with Crippen molar-refractivity contribution < 1.29 is 0 Å². The molecule has 1 aliphatic heterocycles. The summed E-state index contributed by atoms with van der Waals surface area (Å²) in [5.41, 5.74) is 0. The van der Waals surface area contributed by atoms with E-state index in [2.05, 4.69) is 17.1 Å². The van der Waals surface area contributed by atoms with E-state index in [1.165, 1.54) is 58.2 Å². The largest absolute Gasteiger partial charge is 0.312 e. The van der Waals surface area contributed by atoms with Crippen LogP contribution < -0.4 is 5.32 Å². The van der Waals surface area contributed by atoms with Gasteiger partial charge < -0.3 is 5.32 Å². The minimum Gasteiger partial charge on any atom is -0.312 e. The van der Waals surface area contributed by atoms with Crippen molar-refractivity contribution in [3.05, 3.63) is 0 Å². The fraction of sp³-hybridized carbons (Fsp3) is 1.00. The van der Waals surface area contributed by atoms with Gasteiger partial charge in [0.15, 0.2) is 0 Å². The maximum Gasteiger partial charge on any atom is 0.0195 e. The number of nitrogens with zero attached hydrogens (tertiary/aromatic N) is 1. The lowest BCUT2D eigenvalue weighted by atomic mass is 9.79. The highest BCUT2D eigenvalue weighted by molar-refractivity contribution is 4.91. The van der Waals surface area contributed by atoms with Gasteiger partial charge in [-0.25, -0.2) is 0 Å². The lowest BCUT2D eigenvalue weighted by Crippen LogP contribution is -2.54. The highest BCUT2D eigenvalue weighted by Crippen LogP contribution is 2.33. The summed E-state index contributed by atoms with van der Waals surface area (Å²) >= 11 is 0. The number of hydrogen-bond donors (Lipinski definition) is 1. The molecule has 3 aliphatic rings. The maximum atomic E-state index is 3.79. The Morgan fingerprint density at radius 2 is 2.00 bits per heavy atom. The Labute approximate surface area is 99.8 Å².